The maximum atomic E-state index is 12.9. The Balaban J connectivity index is 2.88. The fourth-order valence-electron chi connectivity index (χ4n) is 0.876. The molecule has 0 N–H and O–H groups in total. The van der Waals surface area contributed by atoms with Crippen molar-refractivity contribution >= 4 is 33.5 Å². The molecule has 0 unspecified atom stereocenters. The number of nitrogens with zero attached hydrogens (tertiary/aromatic N) is 1. The first-order valence-corrected chi connectivity index (χ1v) is 6.62. The molecule has 0 aliphatic rings. The fourth-order valence-corrected chi connectivity index (χ4v) is 1.75. The van der Waals surface area contributed by atoms with E-state index in [0.29, 0.717) is 5.56 Å². The minimum Gasteiger partial charge on any atom is -0.591 e. The Morgan fingerprint density at radius 3 is 2.62 bits per heavy atom. The molecule has 88 valence electrons. The molecule has 1 rings (SSSR count). The molecule has 0 fully saturated rings. The molecule has 0 aromatic heterocycles. The molecule has 0 heterocycles. The highest BCUT2D eigenvalue weighted by atomic mass is 79.9. The van der Waals surface area contributed by atoms with Crippen LogP contribution in [0.25, 0.3) is 0 Å². The summed E-state index contributed by atoms with van der Waals surface area (Å²) >= 11 is 1.95. The summed E-state index contributed by atoms with van der Waals surface area (Å²) in [6, 6.07) is 4.28. The van der Waals surface area contributed by atoms with Crippen molar-refractivity contribution in [2.24, 2.45) is 4.40 Å². The van der Waals surface area contributed by atoms with E-state index in [1.54, 1.807) is 6.07 Å². The second-order valence-corrected chi connectivity index (χ2v) is 7.05. The maximum Gasteiger partial charge on any atom is 0.144 e. The molecule has 1 aromatic carbocycles. The first-order valence-electron chi connectivity index (χ1n) is 4.72. The van der Waals surface area contributed by atoms with E-state index in [9.17, 15) is 8.94 Å². The quantitative estimate of drug-likeness (QED) is 0.608. The lowest BCUT2D eigenvalue weighted by Crippen LogP contribution is -2.25. The van der Waals surface area contributed by atoms with Crippen molar-refractivity contribution in [1.82, 2.24) is 0 Å². The van der Waals surface area contributed by atoms with Crippen molar-refractivity contribution in [3.8, 4) is 0 Å². The number of hydrogen-bond acceptors (Lipinski definition) is 2. The Bertz CT molecular complexity index is 403. The van der Waals surface area contributed by atoms with Gasteiger partial charge in [-0.15, -0.1) is 0 Å². The van der Waals surface area contributed by atoms with Gasteiger partial charge in [-0.25, -0.2) is 4.39 Å². The first-order chi connectivity index (χ1) is 7.30. The van der Waals surface area contributed by atoms with E-state index in [1.165, 1.54) is 18.3 Å². The van der Waals surface area contributed by atoms with Crippen molar-refractivity contribution in [1.29, 1.82) is 0 Å². The van der Waals surface area contributed by atoms with Crippen LogP contribution in [0, 0.1) is 5.82 Å². The van der Waals surface area contributed by atoms with E-state index < -0.39 is 16.1 Å². The predicted octanol–water partition coefficient (Wildman–Crippen LogP) is 3.47. The van der Waals surface area contributed by atoms with Gasteiger partial charge in [-0.05, 0) is 39.0 Å². The predicted molar refractivity (Wildman–Crippen MR) is 69.6 cm³/mol. The standard InChI is InChI=1S/C11H13BrFNOS/c1-11(2,3)16(15)14-7-8-6-9(13)4-5-10(8)12/h4-7H,1-3H3/t16-/m0/s1. The van der Waals surface area contributed by atoms with Crippen molar-refractivity contribution in [2.45, 2.75) is 25.5 Å². The average molecular weight is 306 g/mol. The van der Waals surface area contributed by atoms with Crippen LogP contribution in [-0.2, 0) is 11.4 Å². The summed E-state index contributed by atoms with van der Waals surface area (Å²) in [7, 11) is 0. The molecule has 5 heteroatoms. The van der Waals surface area contributed by atoms with Gasteiger partial charge in [-0.1, -0.05) is 20.3 Å². The average Bonchev–Trinajstić information content (AvgIpc) is 2.17. The largest absolute Gasteiger partial charge is 0.591 e. The van der Waals surface area contributed by atoms with Crippen LogP contribution in [0.3, 0.4) is 0 Å². The number of benzene rings is 1. The van der Waals surface area contributed by atoms with Gasteiger partial charge in [0.05, 0.1) is 6.21 Å². The Morgan fingerprint density at radius 1 is 1.44 bits per heavy atom. The van der Waals surface area contributed by atoms with Gasteiger partial charge in [0.1, 0.15) is 21.9 Å². The molecule has 0 aliphatic carbocycles. The Morgan fingerprint density at radius 2 is 2.06 bits per heavy atom. The van der Waals surface area contributed by atoms with Crippen LogP contribution >= 0.6 is 15.9 Å². The summed E-state index contributed by atoms with van der Waals surface area (Å²) in [6.07, 6.45) is 1.43. The van der Waals surface area contributed by atoms with Crippen LogP contribution < -0.4 is 0 Å². The highest BCUT2D eigenvalue weighted by Gasteiger charge is 2.25. The lowest BCUT2D eigenvalue weighted by Gasteiger charge is -2.17. The third kappa shape index (κ3) is 3.88. The molecule has 0 radical (unpaired) electrons. The monoisotopic (exact) mass is 305 g/mol. The van der Waals surface area contributed by atoms with Gasteiger partial charge in [-0.2, -0.15) is 0 Å². The van der Waals surface area contributed by atoms with Crippen molar-refractivity contribution in [3.05, 3.63) is 34.1 Å². The lowest BCUT2D eigenvalue weighted by atomic mass is 10.2. The van der Waals surface area contributed by atoms with Gasteiger partial charge in [0, 0.05) is 10.0 Å². The maximum absolute atomic E-state index is 12.9. The lowest BCUT2D eigenvalue weighted by molar-refractivity contribution is 0.562. The van der Waals surface area contributed by atoms with E-state index in [-0.39, 0.29) is 5.82 Å². The van der Waals surface area contributed by atoms with Crippen LogP contribution in [0.15, 0.2) is 27.1 Å². The summed E-state index contributed by atoms with van der Waals surface area (Å²) in [5.74, 6) is -0.341. The summed E-state index contributed by atoms with van der Waals surface area (Å²) in [4.78, 5) is 0. The minimum absolute atomic E-state index is 0.341. The highest BCUT2D eigenvalue weighted by molar-refractivity contribution is 9.10. The molecule has 0 spiro atoms. The van der Waals surface area contributed by atoms with Gasteiger partial charge in [0.15, 0.2) is 0 Å². The zero-order valence-corrected chi connectivity index (χ0v) is 11.7. The van der Waals surface area contributed by atoms with Gasteiger partial charge in [-0.3, -0.25) is 0 Å². The molecule has 0 aliphatic heterocycles. The number of hydrogen-bond donors (Lipinski definition) is 0. The zero-order valence-electron chi connectivity index (χ0n) is 9.33. The molecule has 1 atom stereocenters. The molecular weight excluding hydrogens is 293 g/mol. The van der Waals surface area contributed by atoms with Crippen LogP contribution in [-0.4, -0.2) is 15.5 Å². The van der Waals surface area contributed by atoms with E-state index in [2.05, 4.69) is 20.3 Å². The van der Waals surface area contributed by atoms with Crippen LogP contribution in [0.5, 0.6) is 0 Å². The van der Waals surface area contributed by atoms with Crippen LogP contribution in [0.4, 0.5) is 4.39 Å². The normalized spacial score (nSPS) is 14.4. The SMILES string of the molecule is CC(C)(C)[S@+]([O-])N=Cc1cc(F)ccc1Br. The summed E-state index contributed by atoms with van der Waals surface area (Å²) in [5, 5.41) is 0. The Hall–Kier alpha value is -0.390. The second-order valence-electron chi connectivity index (χ2n) is 4.26. The molecule has 1 aromatic rings. The van der Waals surface area contributed by atoms with Gasteiger partial charge < -0.3 is 4.55 Å². The number of rotatable bonds is 2. The molecule has 0 saturated carbocycles. The molecule has 0 saturated heterocycles. The van der Waals surface area contributed by atoms with E-state index in [4.69, 9.17) is 0 Å². The third-order valence-electron chi connectivity index (χ3n) is 1.77. The van der Waals surface area contributed by atoms with Gasteiger partial charge >= 0.3 is 0 Å². The zero-order chi connectivity index (χ0) is 12.3. The topological polar surface area (TPSA) is 35.4 Å². The smallest absolute Gasteiger partial charge is 0.144 e. The first kappa shape index (κ1) is 13.7. The Labute approximate surface area is 106 Å². The molecular formula is C11H13BrFNOS. The molecule has 2 nitrogen and oxygen atoms in total. The van der Waals surface area contributed by atoms with Gasteiger partial charge in [0.25, 0.3) is 0 Å². The minimum atomic E-state index is -1.33. The molecule has 0 bridgehead atoms. The van der Waals surface area contributed by atoms with E-state index in [1.807, 2.05) is 20.8 Å². The summed E-state index contributed by atoms with van der Waals surface area (Å²) in [5.41, 5.74) is 0.581. The second kappa shape index (κ2) is 5.29. The molecule has 0 amide bonds. The van der Waals surface area contributed by atoms with Crippen molar-refractivity contribution < 1.29 is 8.94 Å². The van der Waals surface area contributed by atoms with E-state index in [0.717, 1.165) is 4.47 Å². The van der Waals surface area contributed by atoms with Crippen LogP contribution in [0.1, 0.15) is 26.3 Å². The van der Waals surface area contributed by atoms with Crippen LogP contribution in [0.2, 0.25) is 0 Å². The number of halogens is 2. The highest BCUT2D eigenvalue weighted by Crippen LogP contribution is 2.19. The summed E-state index contributed by atoms with van der Waals surface area (Å²) < 4.78 is 28.8. The van der Waals surface area contributed by atoms with Gasteiger partial charge in [0.2, 0.25) is 0 Å². The third-order valence-corrected chi connectivity index (χ3v) is 3.84. The van der Waals surface area contributed by atoms with Crippen molar-refractivity contribution in [2.75, 3.05) is 0 Å². The summed E-state index contributed by atoms with van der Waals surface area (Å²) in [6.45, 7) is 5.50. The molecule has 16 heavy (non-hydrogen) atoms. The van der Waals surface area contributed by atoms with Crippen molar-refractivity contribution in [3.63, 3.8) is 0 Å². The fraction of sp³-hybridized carbons (Fsp3) is 0.364. The van der Waals surface area contributed by atoms with E-state index >= 15 is 0 Å². The Kier molecular flexibility index (Phi) is 4.52.